The van der Waals surface area contributed by atoms with Crippen molar-refractivity contribution < 1.29 is 13.2 Å². The first kappa shape index (κ1) is 15.1. The number of nitrogen functional groups attached to an aromatic ring is 1. The van der Waals surface area contributed by atoms with Gasteiger partial charge in [-0.1, -0.05) is 12.1 Å². The number of amidine groups is 1. The van der Waals surface area contributed by atoms with E-state index in [-0.39, 0.29) is 10.7 Å². The Morgan fingerprint density at radius 1 is 1.19 bits per heavy atom. The van der Waals surface area contributed by atoms with E-state index in [1.54, 1.807) is 42.5 Å². The van der Waals surface area contributed by atoms with Gasteiger partial charge in [-0.25, -0.2) is 8.42 Å². The van der Waals surface area contributed by atoms with Gasteiger partial charge in [0.1, 0.15) is 11.6 Å². The maximum Gasteiger partial charge on any atom is 0.213 e. The fourth-order valence-corrected chi connectivity index (χ4v) is 2.83. The van der Waals surface area contributed by atoms with Gasteiger partial charge in [-0.15, -0.1) is 0 Å². The summed E-state index contributed by atoms with van der Waals surface area (Å²) < 4.78 is 29.6. The Hall–Kier alpha value is -2.34. The van der Waals surface area contributed by atoms with Crippen molar-refractivity contribution in [3.63, 3.8) is 0 Å². The van der Waals surface area contributed by atoms with Gasteiger partial charge in [-0.2, -0.15) is 0 Å². The Kier molecular flexibility index (Phi) is 4.28. The number of nitrogens with two attached hydrogens (primary N) is 1. The van der Waals surface area contributed by atoms with Crippen LogP contribution in [0.1, 0.15) is 11.1 Å². The highest BCUT2D eigenvalue weighted by molar-refractivity contribution is 7.91. The molecule has 0 saturated carbocycles. The van der Waals surface area contributed by atoms with E-state index in [9.17, 15) is 8.42 Å². The van der Waals surface area contributed by atoms with E-state index in [1.807, 2.05) is 13.0 Å². The molecule has 0 amide bonds. The van der Waals surface area contributed by atoms with Crippen molar-refractivity contribution in [3.05, 3.63) is 59.7 Å². The van der Waals surface area contributed by atoms with Crippen molar-refractivity contribution in [2.45, 2.75) is 11.8 Å². The van der Waals surface area contributed by atoms with E-state index in [0.29, 0.717) is 11.3 Å². The summed E-state index contributed by atoms with van der Waals surface area (Å²) >= 11 is 0. The molecular formula is C15H16N2O3S. The number of hydrogen-bond donors (Lipinski definition) is 2. The molecule has 6 heteroatoms. The highest BCUT2D eigenvalue weighted by Gasteiger charge is 2.15. The molecule has 0 heterocycles. The van der Waals surface area contributed by atoms with E-state index in [2.05, 4.69) is 0 Å². The lowest BCUT2D eigenvalue weighted by atomic mass is 10.2. The van der Waals surface area contributed by atoms with Crippen LogP contribution in [0.15, 0.2) is 53.4 Å². The lowest BCUT2D eigenvalue weighted by Crippen LogP contribution is -2.13. The average molecular weight is 304 g/mol. The molecule has 0 aliphatic rings. The van der Waals surface area contributed by atoms with Gasteiger partial charge in [0.05, 0.1) is 4.90 Å². The molecule has 2 aromatic rings. The zero-order valence-corrected chi connectivity index (χ0v) is 12.4. The summed E-state index contributed by atoms with van der Waals surface area (Å²) in [7, 11) is -3.50. The topological polar surface area (TPSA) is 93.2 Å². The van der Waals surface area contributed by atoms with E-state index in [4.69, 9.17) is 15.9 Å². The molecule has 21 heavy (non-hydrogen) atoms. The molecule has 0 spiro atoms. The van der Waals surface area contributed by atoms with Crippen molar-refractivity contribution in [1.29, 1.82) is 5.41 Å². The Labute approximate surface area is 123 Å². The summed E-state index contributed by atoms with van der Waals surface area (Å²) in [5.41, 5.74) is 6.78. The monoisotopic (exact) mass is 304 g/mol. The van der Waals surface area contributed by atoms with Crippen LogP contribution in [0.5, 0.6) is 5.75 Å². The van der Waals surface area contributed by atoms with Gasteiger partial charge in [0, 0.05) is 5.56 Å². The molecule has 0 aliphatic heterocycles. The van der Waals surface area contributed by atoms with Gasteiger partial charge in [-0.3, -0.25) is 5.41 Å². The van der Waals surface area contributed by atoms with Crippen molar-refractivity contribution >= 4 is 15.7 Å². The SMILES string of the molecule is Cc1cccc(S(=O)(=O)COc2ccc(C(=N)N)cc2)c1. The molecule has 0 bridgehead atoms. The number of nitrogens with one attached hydrogen (secondary N) is 1. The molecule has 0 atom stereocenters. The molecule has 0 fully saturated rings. The van der Waals surface area contributed by atoms with Crippen LogP contribution in [-0.2, 0) is 9.84 Å². The van der Waals surface area contributed by atoms with Gasteiger partial charge < -0.3 is 10.5 Å². The maximum atomic E-state index is 12.2. The molecule has 0 radical (unpaired) electrons. The molecular weight excluding hydrogens is 288 g/mol. The van der Waals surface area contributed by atoms with Crippen LogP contribution in [-0.4, -0.2) is 20.2 Å². The Morgan fingerprint density at radius 2 is 1.86 bits per heavy atom. The molecule has 3 N–H and O–H groups in total. The highest BCUT2D eigenvalue weighted by Crippen LogP contribution is 2.16. The van der Waals surface area contributed by atoms with Crippen LogP contribution < -0.4 is 10.5 Å². The normalized spacial score (nSPS) is 11.1. The second-order valence-corrected chi connectivity index (χ2v) is 6.57. The van der Waals surface area contributed by atoms with Gasteiger partial charge in [0.15, 0.2) is 5.94 Å². The van der Waals surface area contributed by atoms with Gasteiger partial charge in [0.25, 0.3) is 0 Å². The third kappa shape index (κ3) is 3.82. The fraction of sp³-hybridized carbons (Fsp3) is 0.133. The lowest BCUT2D eigenvalue weighted by molar-refractivity contribution is 0.376. The van der Waals surface area contributed by atoms with Crippen molar-refractivity contribution in [2.24, 2.45) is 5.73 Å². The number of rotatable bonds is 5. The first-order valence-electron chi connectivity index (χ1n) is 6.25. The van der Waals surface area contributed by atoms with E-state index < -0.39 is 15.8 Å². The predicted molar refractivity (Wildman–Crippen MR) is 81.3 cm³/mol. The number of benzene rings is 2. The number of ether oxygens (including phenoxy) is 1. The first-order chi connectivity index (χ1) is 9.88. The Bertz CT molecular complexity index is 753. The standard InChI is InChI=1S/C15H16N2O3S/c1-11-3-2-4-14(9-11)21(18,19)10-20-13-7-5-12(6-8-13)15(16)17/h2-9H,10H2,1H3,(H3,16,17). The van der Waals surface area contributed by atoms with Crippen molar-refractivity contribution in [3.8, 4) is 5.75 Å². The van der Waals surface area contributed by atoms with Crippen LogP contribution >= 0.6 is 0 Å². The van der Waals surface area contributed by atoms with Crippen LogP contribution in [0, 0.1) is 12.3 Å². The molecule has 0 unspecified atom stereocenters. The summed E-state index contributed by atoms with van der Waals surface area (Å²) in [4.78, 5) is 0.239. The summed E-state index contributed by atoms with van der Waals surface area (Å²) in [6, 6.07) is 13.1. The smallest absolute Gasteiger partial charge is 0.213 e. The zero-order valence-electron chi connectivity index (χ0n) is 11.5. The number of aryl methyl sites for hydroxylation is 1. The van der Waals surface area contributed by atoms with E-state index in [0.717, 1.165) is 5.56 Å². The molecule has 2 aromatic carbocycles. The van der Waals surface area contributed by atoms with Crippen LogP contribution in [0.3, 0.4) is 0 Å². The summed E-state index contributed by atoms with van der Waals surface area (Å²) in [6.07, 6.45) is 0. The van der Waals surface area contributed by atoms with Crippen LogP contribution in [0.25, 0.3) is 0 Å². The fourth-order valence-electron chi connectivity index (χ4n) is 1.75. The third-order valence-electron chi connectivity index (χ3n) is 2.89. The Morgan fingerprint density at radius 3 is 2.43 bits per heavy atom. The molecule has 0 aromatic heterocycles. The van der Waals surface area contributed by atoms with Crippen LogP contribution in [0.4, 0.5) is 0 Å². The lowest BCUT2D eigenvalue weighted by Gasteiger charge is -2.08. The van der Waals surface area contributed by atoms with E-state index >= 15 is 0 Å². The average Bonchev–Trinajstić information content (AvgIpc) is 2.45. The minimum atomic E-state index is -3.50. The molecule has 0 saturated heterocycles. The van der Waals surface area contributed by atoms with Crippen LogP contribution in [0.2, 0.25) is 0 Å². The zero-order chi connectivity index (χ0) is 15.5. The van der Waals surface area contributed by atoms with Crippen molar-refractivity contribution in [2.75, 3.05) is 5.94 Å². The largest absolute Gasteiger partial charge is 0.477 e. The van der Waals surface area contributed by atoms with Gasteiger partial charge >= 0.3 is 0 Å². The summed E-state index contributed by atoms with van der Waals surface area (Å²) in [5.74, 6) is -0.0688. The van der Waals surface area contributed by atoms with E-state index in [1.165, 1.54) is 0 Å². The molecule has 110 valence electrons. The third-order valence-corrected chi connectivity index (χ3v) is 4.30. The second-order valence-electron chi connectivity index (χ2n) is 4.63. The molecule has 2 rings (SSSR count). The summed E-state index contributed by atoms with van der Waals surface area (Å²) in [5, 5.41) is 7.28. The first-order valence-corrected chi connectivity index (χ1v) is 7.90. The minimum Gasteiger partial charge on any atom is -0.477 e. The predicted octanol–water partition coefficient (Wildman–Crippen LogP) is 2.09. The molecule has 5 nitrogen and oxygen atoms in total. The maximum absolute atomic E-state index is 12.2. The number of hydrogen-bond acceptors (Lipinski definition) is 4. The van der Waals surface area contributed by atoms with Gasteiger partial charge in [-0.05, 0) is 48.9 Å². The minimum absolute atomic E-state index is 0.0473. The summed E-state index contributed by atoms with van der Waals surface area (Å²) in [6.45, 7) is 1.83. The Balaban J connectivity index is 2.10. The van der Waals surface area contributed by atoms with Gasteiger partial charge in [0.2, 0.25) is 9.84 Å². The quantitative estimate of drug-likeness (QED) is 0.653. The van der Waals surface area contributed by atoms with Crippen molar-refractivity contribution in [1.82, 2.24) is 0 Å². The molecule has 0 aliphatic carbocycles. The number of sulfone groups is 1. The second kappa shape index (κ2) is 5.97. The highest BCUT2D eigenvalue weighted by atomic mass is 32.2.